The predicted molar refractivity (Wildman–Crippen MR) is 58.2 cm³/mol. The van der Waals surface area contributed by atoms with Crippen molar-refractivity contribution in [3.05, 3.63) is 0 Å². The third kappa shape index (κ3) is 2.56. The van der Waals surface area contributed by atoms with Gasteiger partial charge in [-0.15, -0.1) is 0 Å². The fraction of sp³-hybridized carbons (Fsp3) is 0.818. The van der Waals surface area contributed by atoms with Crippen LogP contribution in [0.2, 0.25) is 0 Å². The first-order valence-electron chi connectivity index (χ1n) is 5.53. The lowest BCUT2D eigenvalue weighted by Crippen LogP contribution is -2.45. The zero-order valence-corrected chi connectivity index (χ0v) is 9.91. The van der Waals surface area contributed by atoms with Gasteiger partial charge in [0.05, 0.1) is 12.5 Å². The van der Waals surface area contributed by atoms with Crippen LogP contribution in [0.4, 0.5) is 0 Å². The van der Waals surface area contributed by atoms with Crippen LogP contribution in [-0.4, -0.2) is 35.8 Å². The summed E-state index contributed by atoms with van der Waals surface area (Å²) in [6.07, 6.45) is 1.28. The van der Waals surface area contributed by atoms with Crippen molar-refractivity contribution in [2.45, 2.75) is 45.7 Å². The van der Waals surface area contributed by atoms with Crippen LogP contribution in [-0.2, 0) is 9.59 Å². The highest BCUT2D eigenvalue weighted by atomic mass is 16.2. The molecule has 1 N–H and O–H groups in total. The van der Waals surface area contributed by atoms with E-state index in [2.05, 4.69) is 26.1 Å². The average molecular weight is 212 g/mol. The molecule has 1 saturated heterocycles. The van der Waals surface area contributed by atoms with Gasteiger partial charge < -0.3 is 5.32 Å². The van der Waals surface area contributed by atoms with Crippen LogP contribution in [0.5, 0.6) is 0 Å². The predicted octanol–water partition coefficient (Wildman–Crippen LogP) is 0.768. The van der Waals surface area contributed by atoms with Crippen molar-refractivity contribution in [1.82, 2.24) is 10.2 Å². The lowest BCUT2D eigenvalue weighted by molar-refractivity contribution is -0.137. The van der Waals surface area contributed by atoms with Crippen molar-refractivity contribution in [2.24, 2.45) is 5.92 Å². The summed E-state index contributed by atoms with van der Waals surface area (Å²) in [6, 6.07) is -0.00639. The number of likely N-dealkylation sites (N-methyl/N-ethyl adjacent to an activating group) is 1. The SMILES string of the molecule is CCC(NC1CC(=O)N(C)C1=O)C(C)C. The topological polar surface area (TPSA) is 49.4 Å². The second-order valence-corrected chi connectivity index (χ2v) is 4.47. The standard InChI is InChI=1S/C11H20N2O2/c1-5-8(7(2)3)12-9-6-10(14)13(4)11(9)15/h7-9,12H,5-6H2,1-4H3. The number of hydrogen-bond acceptors (Lipinski definition) is 3. The summed E-state index contributed by atoms with van der Waals surface area (Å²) >= 11 is 0. The Hall–Kier alpha value is -0.900. The van der Waals surface area contributed by atoms with Gasteiger partial charge in [0.15, 0.2) is 0 Å². The van der Waals surface area contributed by atoms with E-state index in [0.717, 1.165) is 6.42 Å². The van der Waals surface area contributed by atoms with E-state index in [-0.39, 0.29) is 17.9 Å². The average Bonchev–Trinajstić information content (AvgIpc) is 2.42. The second-order valence-electron chi connectivity index (χ2n) is 4.47. The minimum atomic E-state index is -0.310. The number of rotatable bonds is 4. The lowest BCUT2D eigenvalue weighted by Gasteiger charge is -2.23. The third-order valence-corrected chi connectivity index (χ3v) is 3.04. The highest BCUT2D eigenvalue weighted by Gasteiger charge is 2.36. The van der Waals surface area contributed by atoms with Gasteiger partial charge in [-0.25, -0.2) is 0 Å². The molecule has 1 aliphatic rings. The molecule has 4 nitrogen and oxygen atoms in total. The maximum atomic E-state index is 11.6. The van der Waals surface area contributed by atoms with E-state index < -0.39 is 0 Å². The number of likely N-dealkylation sites (tertiary alicyclic amines) is 1. The molecule has 0 saturated carbocycles. The van der Waals surface area contributed by atoms with Gasteiger partial charge in [0.2, 0.25) is 11.8 Å². The van der Waals surface area contributed by atoms with Crippen molar-refractivity contribution in [3.8, 4) is 0 Å². The van der Waals surface area contributed by atoms with Gasteiger partial charge in [-0.3, -0.25) is 14.5 Å². The smallest absolute Gasteiger partial charge is 0.246 e. The molecule has 2 atom stereocenters. The Balaban J connectivity index is 2.59. The summed E-state index contributed by atoms with van der Waals surface area (Å²) < 4.78 is 0. The van der Waals surface area contributed by atoms with E-state index >= 15 is 0 Å². The Bertz CT molecular complexity index is 263. The Morgan fingerprint density at radius 1 is 1.47 bits per heavy atom. The van der Waals surface area contributed by atoms with E-state index in [4.69, 9.17) is 0 Å². The van der Waals surface area contributed by atoms with Crippen LogP contribution in [0.3, 0.4) is 0 Å². The maximum absolute atomic E-state index is 11.6. The number of hydrogen-bond donors (Lipinski definition) is 1. The molecular formula is C11H20N2O2. The number of nitrogens with one attached hydrogen (secondary N) is 1. The highest BCUT2D eigenvalue weighted by molar-refractivity contribution is 6.05. The van der Waals surface area contributed by atoms with E-state index in [1.807, 2.05) is 0 Å². The van der Waals surface area contributed by atoms with Crippen molar-refractivity contribution < 1.29 is 9.59 Å². The van der Waals surface area contributed by atoms with Crippen LogP contribution in [0.1, 0.15) is 33.6 Å². The van der Waals surface area contributed by atoms with Gasteiger partial charge in [0, 0.05) is 13.1 Å². The molecule has 15 heavy (non-hydrogen) atoms. The van der Waals surface area contributed by atoms with Gasteiger partial charge in [0.1, 0.15) is 0 Å². The molecule has 0 aromatic rings. The largest absolute Gasteiger partial charge is 0.302 e. The van der Waals surface area contributed by atoms with Crippen molar-refractivity contribution >= 4 is 11.8 Å². The molecule has 1 aliphatic heterocycles. The lowest BCUT2D eigenvalue weighted by atomic mass is 10.0. The van der Waals surface area contributed by atoms with E-state index in [1.54, 1.807) is 7.05 Å². The number of nitrogens with zero attached hydrogens (tertiary/aromatic N) is 1. The van der Waals surface area contributed by atoms with E-state index in [9.17, 15) is 9.59 Å². The van der Waals surface area contributed by atoms with Crippen LogP contribution in [0.15, 0.2) is 0 Å². The van der Waals surface area contributed by atoms with Gasteiger partial charge >= 0.3 is 0 Å². The molecule has 0 bridgehead atoms. The second kappa shape index (κ2) is 4.75. The number of imide groups is 1. The Labute approximate surface area is 91.0 Å². The summed E-state index contributed by atoms with van der Waals surface area (Å²) in [4.78, 5) is 24.1. The first-order chi connectivity index (χ1) is 6.97. The fourth-order valence-corrected chi connectivity index (χ4v) is 1.93. The zero-order chi connectivity index (χ0) is 11.6. The Kier molecular flexibility index (Phi) is 3.85. The van der Waals surface area contributed by atoms with Crippen molar-refractivity contribution in [1.29, 1.82) is 0 Å². The third-order valence-electron chi connectivity index (χ3n) is 3.04. The van der Waals surface area contributed by atoms with Gasteiger partial charge in [0.25, 0.3) is 0 Å². The Morgan fingerprint density at radius 3 is 2.40 bits per heavy atom. The van der Waals surface area contributed by atoms with Crippen molar-refractivity contribution in [2.75, 3.05) is 7.05 Å². The highest BCUT2D eigenvalue weighted by Crippen LogP contribution is 2.14. The van der Waals surface area contributed by atoms with E-state index in [0.29, 0.717) is 18.4 Å². The molecule has 2 amide bonds. The molecule has 4 heteroatoms. The van der Waals surface area contributed by atoms with E-state index in [1.165, 1.54) is 4.90 Å². The van der Waals surface area contributed by atoms with Crippen LogP contribution < -0.4 is 5.32 Å². The van der Waals surface area contributed by atoms with Gasteiger partial charge in [-0.1, -0.05) is 20.8 Å². The van der Waals surface area contributed by atoms with Crippen LogP contribution >= 0.6 is 0 Å². The Morgan fingerprint density at radius 2 is 2.07 bits per heavy atom. The maximum Gasteiger partial charge on any atom is 0.246 e. The molecule has 1 rings (SSSR count). The minimum absolute atomic E-state index is 0.0869. The summed E-state index contributed by atoms with van der Waals surface area (Å²) in [5.41, 5.74) is 0. The molecular weight excluding hydrogens is 192 g/mol. The number of amides is 2. The molecule has 1 heterocycles. The monoisotopic (exact) mass is 212 g/mol. The normalized spacial score (nSPS) is 24.1. The molecule has 0 aromatic heterocycles. The summed E-state index contributed by atoms with van der Waals surface area (Å²) in [7, 11) is 1.54. The summed E-state index contributed by atoms with van der Waals surface area (Å²) in [6.45, 7) is 6.32. The molecule has 0 spiro atoms. The number of carbonyl (C=O) groups is 2. The first-order valence-corrected chi connectivity index (χ1v) is 5.53. The molecule has 0 aromatic carbocycles. The van der Waals surface area contributed by atoms with Gasteiger partial charge in [-0.05, 0) is 12.3 Å². The zero-order valence-electron chi connectivity index (χ0n) is 9.91. The summed E-state index contributed by atoms with van der Waals surface area (Å²) in [5, 5.41) is 3.26. The molecule has 0 radical (unpaired) electrons. The van der Waals surface area contributed by atoms with Gasteiger partial charge in [-0.2, -0.15) is 0 Å². The van der Waals surface area contributed by atoms with Crippen molar-refractivity contribution in [3.63, 3.8) is 0 Å². The molecule has 0 aliphatic carbocycles. The first kappa shape index (κ1) is 12.2. The fourth-order valence-electron chi connectivity index (χ4n) is 1.93. The quantitative estimate of drug-likeness (QED) is 0.700. The molecule has 86 valence electrons. The molecule has 2 unspecified atom stereocenters. The van der Waals surface area contributed by atoms with Crippen LogP contribution in [0.25, 0.3) is 0 Å². The molecule has 1 fully saturated rings. The number of carbonyl (C=O) groups excluding carboxylic acids is 2. The summed E-state index contributed by atoms with van der Waals surface area (Å²) in [5.74, 6) is 0.291. The van der Waals surface area contributed by atoms with Crippen LogP contribution in [0, 0.1) is 5.92 Å². The minimum Gasteiger partial charge on any atom is -0.302 e.